The molecule has 1 amide bonds. The fourth-order valence-electron chi connectivity index (χ4n) is 1.13. The number of hydrogen-bond acceptors (Lipinski definition) is 4. The van der Waals surface area contributed by atoms with Gasteiger partial charge in [0, 0.05) is 0 Å². The molecule has 0 aromatic rings. The molecule has 0 aromatic carbocycles. The lowest BCUT2D eigenvalue weighted by Gasteiger charge is -2.22. The van der Waals surface area contributed by atoms with Crippen LogP contribution in [0.25, 0.3) is 0 Å². The Kier molecular flexibility index (Phi) is 2.69. The molecule has 0 aliphatic carbocycles. The Morgan fingerprint density at radius 3 is 2.43 bits per heavy atom. The first-order valence-electron chi connectivity index (χ1n) is 4.49. The van der Waals surface area contributed by atoms with Gasteiger partial charge in [-0.05, 0) is 27.7 Å². The Hall–Kier alpha value is -1.26. The lowest BCUT2D eigenvalue weighted by molar-refractivity contribution is -0.164. The number of ether oxygens (including phenoxy) is 2. The van der Waals surface area contributed by atoms with E-state index in [1.54, 1.807) is 27.7 Å². The molecule has 1 aliphatic rings. The summed E-state index contributed by atoms with van der Waals surface area (Å²) in [6.07, 6.45) is -1.41. The van der Waals surface area contributed by atoms with Crippen LogP contribution in [-0.2, 0) is 14.3 Å². The molecule has 0 radical (unpaired) electrons. The Balaban J connectivity index is 2.58. The third-order valence-corrected chi connectivity index (χ3v) is 1.67. The number of esters is 1. The minimum Gasteiger partial charge on any atom is -0.457 e. The van der Waals surface area contributed by atoms with E-state index in [2.05, 4.69) is 5.32 Å². The molecule has 0 aromatic heterocycles. The van der Waals surface area contributed by atoms with Crippen molar-refractivity contribution in [3.8, 4) is 0 Å². The second-order valence-corrected chi connectivity index (χ2v) is 4.29. The van der Waals surface area contributed by atoms with E-state index in [0.29, 0.717) is 0 Å². The van der Waals surface area contributed by atoms with E-state index >= 15 is 0 Å². The highest BCUT2D eigenvalue weighted by Crippen LogP contribution is 2.15. The molecule has 1 N–H and O–H groups in total. The van der Waals surface area contributed by atoms with Gasteiger partial charge in [-0.25, -0.2) is 9.59 Å². The molecule has 1 aliphatic heterocycles. The average Bonchev–Trinajstić information content (AvgIpc) is 2.26. The highest BCUT2D eigenvalue weighted by molar-refractivity contribution is 5.83. The van der Waals surface area contributed by atoms with Crippen LogP contribution in [0, 0.1) is 0 Å². The number of rotatable bonds is 1. The summed E-state index contributed by atoms with van der Waals surface area (Å²) in [4.78, 5) is 22.3. The number of alkyl carbamates (subject to hydrolysis) is 1. The van der Waals surface area contributed by atoms with Gasteiger partial charge in [0.05, 0.1) is 6.04 Å². The van der Waals surface area contributed by atoms with Gasteiger partial charge in [-0.3, -0.25) is 0 Å². The molecule has 2 unspecified atom stereocenters. The fourth-order valence-corrected chi connectivity index (χ4v) is 1.13. The summed E-state index contributed by atoms with van der Waals surface area (Å²) in [6.45, 7) is 6.98. The van der Waals surface area contributed by atoms with Crippen LogP contribution in [0.15, 0.2) is 0 Å². The minimum atomic E-state index is -0.832. The molecule has 14 heavy (non-hydrogen) atoms. The van der Waals surface area contributed by atoms with Crippen molar-refractivity contribution < 1.29 is 19.1 Å². The van der Waals surface area contributed by atoms with Crippen molar-refractivity contribution in [2.75, 3.05) is 0 Å². The van der Waals surface area contributed by atoms with Crippen molar-refractivity contribution in [2.24, 2.45) is 0 Å². The first kappa shape index (κ1) is 10.8. The SMILES string of the molecule is CC1NC(=O)OC1C(=O)OC(C)(C)C. The smallest absolute Gasteiger partial charge is 0.408 e. The van der Waals surface area contributed by atoms with Crippen molar-refractivity contribution in [2.45, 2.75) is 45.4 Å². The van der Waals surface area contributed by atoms with E-state index in [0.717, 1.165) is 0 Å². The molecule has 2 atom stereocenters. The number of carbonyl (C=O) groups excluding carboxylic acids is 2. The van der Waals surface area contributed by atoms with Crippen LogP contribution in [0.4, 0.5) is 4.79 Å². The molecule has 0 saturated carbocycles. The zero-order chi connectivity index (χ0) is 10.9. The predicted molar refractivity (Wildman–Crippen MR) is 48.7 cm³/mol. The maximum absolute atomic E-state index is 11.5. The quantitative estimate of drug-likeness (QED) is 0.638. The summed E-state index contributed by atoms with van der Waals surface area (Å²) in [5.74, 6) is -0.511. The standard InChI is InChI=1S/C9H15NO4/c1-5-6(13-8(12)10-5)7(11)14-9(2,3)4/h5-6H,1-4H3,(H,10,12). The Morgan fingerprint density at radius 2 is 2.07 bits per heavy atom. The van der Waals surface area contributed by atoms with Crippen molar-refractivity contribution in [3.63, 3.8) is 0 Å². The van der Waals surface area contributed by atoms with Crippen LogP contribution < -0.4 is 5.32 Å². The van der Waals surface area contributed by atoms with Crippen LogP contribution in [0.5, 0.6) is 0 Å². The van der Waals surface area contributed by atoms with Gasteiger partial charge >= 0.3 is 12.1 Å². The molecule has 1 rings (SSSR count). The normalized spacial score (nSPS) is 26.7. The summed E-state index contributed by atoms with van der Waals surface area (Å²) in [6, 6.07) is -0.336. The van der Waals surface area contributed by atoms with Crippen molar-refractivity contribution >= 4 is 12.1 Å². The van der Waals surface area contributed by atoms with Gasteiger partial charge in [-0.1, -0.05) is 0 Å². The second kappa shape index (κ2) is 3.48. The van der Waals surface area contributed by atoms with Crippen molar-refractivity contribution in [3.05, 3.63) is 0 Å². The van der Waals surface area contributed by atoms with Crippen LogP contribution >= 0.6 is 0 Å². The van der Waals surface area contributed by atoms with Crippen LogP contribution in [-0.4, -0.2) is 29.8 Å². The first-order chi connectivity index (χ1) is 6.29. The maximum atomic E-state index is 11.5. The molecule has 5 nitrogen and oxygen atoms in total. The van der Waals surface area contributed by atoms with Gasteiger partial charge in [-0.15, -0.1) is 0 Å². The van der Waals surface area contributed by atoms with Gasteiger partial charge in [-0.2, -0.15) is 0 Å². The third-order valence-electron chi connectivity index (χ3n) is 1.67. The largest absolute Gasteiger partial charge is 0.457 e. The number of hydrogen-bond donors (Lipinski definition) is 1. The summed E-state index contributed by atoms with van der Waals surface area (Å²) in [5.41, 5.74) is -0.564. The Bertz CT molecular complexity index is 256. The van der Waals surface area contributed by atoms with Gasteiger partial charge in [0.2, 0.25) is 6.10 Å². The molecule has 1 saturated heterocycles. The number of amides is 1. The van der Waals surface area contributed by atoms with Crippen molar-refractivity contribution in [1.82, 2.24) is 5.32 Å². The number of nitrogens with one attached hydrogen (secondary N) is 1. The van der Waals surface area contributed by atoms with Gasteiger partial charge in [0.1, 0.15) is 5.60 Å². The van der Waals surface area contributed by atoms with Gasteiger partial charge in [0.25, 0.3) is 0 Å². The van der Waals surface area contributed by atoms with Crippen LogP contribution in [0.1, 0.15) is 27.7 Å². The molecular formula is C9H15NO4. The highest BCUT2D eigenvalue weighted by Gasteiger charge is 2.39. The Labute approximate surface area is 82.8 Å². The van der Waals surface area contributed by atoms with Gasteiger partial charge < -0.3 is 14.8 Å². The van der Waals surface area contributed by atoms with E-state index < -0.39 is 23.8 Å². The Morgan fingerprint density at radius 1 is 1.50 bits per heavy atom. The zero-order valence-corrected chi connectivity index (χ0v) is 8.79. The van der Waals surface area contributed by atoms with E-state index in [1.165, 1.54) is 0 Å². The maximum Gasteiger partial charge on any atom is 0.408 e. The summed E-state index contributed by atoms with van der Waals surface area (Å²) in [7, 11) is 0. The zero-order valence-electron chi connectivity index (χ0n) is 8.79. The van der Waals surface area contributed by atoms with Gasteiger partial charge in [0.15, 0.2) is 0 Å². The monoisotopic (exact) mass is 201 g/mol. The topological polar surface area (TPSA) is 64.6 Å². The number of carbonyl (C=O) groups is 2. The molecule has 1 heterocycles. The summed E-state index contributed by atoms with van der Waals surface area (Å²) >= 11 is 0. The second-order valence-electron chi connectivity index (χ2n) is 4.29. The molecule has 80 valence electrons. The predicted octanol–water partition coefficient (Wildman–Crippen LogP) is 0.825. The average molecular weight is 201 g/mol. The van der Waals surface area contributed by atoms with E-state index in [4.69, 9.17) is 9.47 Å². The highest BCUT2D eigenvalue weighted by atomic mass is 16.6. The lowest BCUT2D eigenvalue weighted by Crippen LogP contribution is -2.38. The molecular weight excluding hydrogens is 186 g/mol. The fraction of sp³-hybridized carbons (Fsp3) is 0.778. The van der Waals surface area contributed by atoms with Crippen molar-refractivity contribution in [1.29, 1.82) is 0 Å². The van der Waals surface area contributed by atoms with Crippen LogP contribution in [0.2, 0.25) is 0 Å². The first-order valence-corrected chi connectivity index (χ1v) is 4.49. The van der Waals surface area contributed by atoms with E-state index in [9.17, 15) is 9.59 Å². The minimum absolute atomic E-state index is 0.336. The molecule has 0 spiro atoms. The molecule has 1 fully saturated rings. The molecule has 5 heteroatoms. The van der Waals surface area contributed by atoms with E-state index in [-0.39, 0.29) is 6.04 Å². The van der Waals surface area contributed by atoms with Crippen LogP contribution in [0.3, 0.4) is 0 Å². The number of cyclic esters (lactones) is 1. The summed E-state index contributed by atoms with van der Waals surface area (Å²) in [5, 5.41) is 2.47. The molecule has 0 bridgehead atoms. The summed E-state index contributed by atoms with van der Waals surface area (Å²) < 4.78 is 9.84. The third kappa shape index (κ3) is 2.61. The van der Waals surface area contributed by atoms with E-state index in [1.807, 2.05) is 0 Å². The lowest BCUT2D eigenvalue weighted by atomic mass is 10.1.